The third-order valence-corrected chi connectivity index (χ3v) is 2.57. The van der Waals surface area contributed by atoms with E-state index in [-0.39, 0.29) is 0 Å². The Balaban J connectivity index is 2.70. The maximum atomic E-state index is 11.3. The SMILES string of the molecule is CN(N=O)C(=O)N[C@@H]1O[C@@H](CO)[C@@H](O)[C@@H](O)[C@H]1O. The minimum Gasteiger partial charge on any atom is -0.394 e. The highest BCUT2D eigenvalue weighted by molar-refractivity contribution is 5.73. The molecule has 0 spiro atoms. The van der Waals surface area contributed by atoms with Gasteiger partial charge in [-0.15, -0.1) is 4.91 Å². The monoisotopic (exact) mass is 265 g/mol. The van der Waals surface area contributed by atoms with Crippen LogP contribution in [0.15, 0.2) is 5.29 Å². The fourth-order valence-corrected chi connectivity index (χ4v) is 1.47. The maximum absolute atomic E-state index is 11.3. The van der Waals surface area contributed by atoms with Crippen LogP contribution in [-0.4, -0.2) is 75.8 Å². The molecule has 0 aromatic heterocycles. The quantitative estimate of drug-likeness (QED) is 0.271. The van der Waals surface area contributed by atoms with E-state index in [9.17, 15) is 25.0 Å². The van der Waals surface area contributed by atoms with Crippen LogP contribution in [0.25, 0.3) is 0 Å². The van der Waals surface area contributed by atoms with Gasteiger partial charge in [0.1, 0.15) is 24.4 Å². The van der Waals surface area contributed by atoms with Crippen LogP contribution in [0.1, 0.15) is 0 Å². The number of nitroso groups, excluding NO2 is 1. The van der Waals surface area contributed by atoms with Crippen LogP contribution in [0.2, 0.25) is 0 Å². The summed E-state index contributed by atoms with van der Waals surface area (Å²) in [6.07, 6.45) is -7.23. The Labute approximate surface area is 102 Å². The number of nitrogens with one attached hydrogen (secondary N) is 1. The van der Waals surface area contributed by atoms with E-state index in [2.05, 4.69) is 10.6 Å². The summed E-state index contributed by atoms with van der Waals surface area (Å²) in [5.41, 5.74) is 0. The molecule has 1 rings (SSSR count). The lowest BCUT2D eigenvalue weighted by Gasteiger charge is -2.40. The van der Waals surface area contributed by atoms with Gasteiger partial charge in [0.2, 0.25) is 0 Å². The molecule has 0 aromatic rings. The molecule has 0 unspecified atom stereocenters. The van der Waals surface area contributed by atoms with E-state index < -0.39 is 43.3 Å². The second kappa shape index (κ2) is 6.02. The van der Waals surface area contributed by atoms with E-state index in [0.29, 0.717) is 5.01 Å². The van der Waals surface area contributed by atoms with E-state index in [1.807, 2.05) is 0 Å². The predicted octanol–water partition coefficient (Wildman–Crippen LogP) is -2.89. The minimum atomic E-state index is -1.60. The molecule has 18 heavy (non-hydrogen) atoms. The molecule has 10 heteroatoms. The number of ether oxygens (including phenoxy) is 1. The average Bonchev–Trinajstić information content (AvgIpc) is 2.38. The molecule has 104 valence electrons. The topological polar surface area (TPSA) is 152 Å². The van der Waals surface area contributed by atoms with Crippen LogP contribution < -0.4 is 5.32 Å². The van der Waals surface area contributed by atoms with Gasteiger partial charge in [0.25, 0.3) is 0 Å². The minimum absolute atomic E-state index is 0.418. The number of urea groups is 1. The third-order valence-electron chi connectivity index (χ3n) is 2.57. The van der Waals surface area contributed by atoms with E-state index in [0.717, 1.165) is 7.05 Å². The smallest absolute Gasteiger partial charge is 0.342 e. The molecule has 1 aliphatic heterocycles. The van der Waals surface area contributed by atoms with Crippen LogP contribution in [0.5, 0.6) is 0 Å². The van der Waals surface area contributed by atoms with Gasteiger partial charge in [-0.1, -0.05) is 0 Å². The second-order valence-electron chi connectivity index (χ2n) is 3.80. The van der Waals surface area contributed by atoms with Crippen molar-refractivity contribution in [3.63, 3.8) is 0 Å². The van der Waals surface area contributed by atoms with Crippen molar-refractivity contribution in [1.82, 2.24) is 10.3 Å². The Kier molecular flexibility index (Phi) is 4.93. The molecule has 0 aromatic carbocycles. The van der Waals surface area contributed by atoms with Gasteiger partial charge in [-0.3, -0.25) is 0 Å². The summed E-state index contributed by atoms with van der Waals surface area (Å²) in [5.74, 6) is 0. The fraction of sp³-hybridized carbons (Fsp3) is 0.875. The molecule has 1 saturated heterocycles. The first-order valence-electron chi connectivity index (χ1n) is 5.10. The molecule has 0 bridgehead atoms. The number of carbonyl (C=O) groups excluding carboxylic acids is 1. The van der Waals surface area contributed by atoms with Crippen molar-refractivity contribution in [2.75, 3.05) is 13.7 Å². The molecule has 0 saturated carbocycles. The Bertz CT molecular complexity index is 313. The van der Waals surface area contributed by atoms with Gasteiger partial charge in [-0.05, 0) is 0 Å². The molecule has 0 aliphatic carbocycles. The molecule has 2 amide bonds. The molecule has 1 fully saturated rings. The number of rotatable bonds is 3. The van der Waals surface area contributed by atoms with Crippen molar-refractivity contribution in [3.8, 4) is 0 Å². The third kappa shape index (κ3) is 2.91. The van der Waals surface area contributed by atoms with Gasteiger partial charge < -0.3 is 30.5 Å². The van der Waals surface area contributed by atoms with Crippen molar-refractivity contribution < 1.29 is 30.0 Å². The number of carbonyl (C=O) groups is 1. The molecule has 5 atom stereocenters. The molecule has 1 heterocycles. The largest absolute Gasteiger partial charge is 0.394 e. The van der Waals surface area contributed by atoms with Gasteiger partial charge in [0.05, 0.1) is 11.9 Å². The summed E-state index contributed by atoms with van der Waals surface area (Å²) >= 11 is 0. The van der Waals surface area contributed by atoms with Gasteiger partial charge in [-0.2, -0.15) is 5.01 Å². The average molecular weight is 265 g/mol. The number of hydrogen-bond acceptors (Lipinski definition) is 8. The van der Waals surface area contributed by atoms with Crippen molar-refractivity contribution >= 4 is 6.03 Å². The Hall–Kier alpha value is -1.33. The Morgan fingerprint density at radius 2 is 1.94 bits per heavy atom. The van der Waals surface area contributed by atoms with Crippen molar-refractivity contribution in [2.45, 2.75) is 30.6 Å². The number of nitrogens with zero attached hydrogens (tertiary/aromatic N) is 2. The zero-order valence-corrected chi connectivity index (χ0v) is 9.50. The fourth-order valence-electron chi connectivity index (χ4n) is 1.47. The molecular weight excluding hydrogens is 250 g/mol. The highest BCUT2D eigenvalue weighted by atomic mass is 16.6. The Morgan fingerprint density at radius 3 is 2.44 bits per heavy atom. The van der Waals surface area contributed by atoms with E-state index >= 15 is 0 Å². The second-order valence-corrected chi connectivity index (χ2v) is 3.80. The number of aliphatic hydroxyl groups is 4. The summed E-state index contributed by atoms with van der Waals surface area (Å²) < 4.78 is 4.98. The van der Waals surface area contributed by atoms with Crippen LogP contribution in [0.4, 0.5) is 4.79 Å². The van der Waals surface area contributed by atoms with Crippen molar-refractivity contribution in [2.24, 2.45) is 5.29 Å². The van der Waals surface area contributed by atoms with Gasteiger partial charge in [0, 0.05) is 7.05 Å². The standard InChI is InChI=1S/C8H15N3O7/c1-11(10-17)8(16)9-7-6(15)5(14)4(13)3(2-12)18-7/h3-7,12-15H,2H2,1H3,(H,9,16)/t3-,4+,5+,6+,7+/m0/s1. The molecular formula is C8H15N3O7. The first-order chi connectivity index (χ1) is 8.42. The normalized spacial score (nSPS) is 35.9. The molecule has 10 nitrogen and oxygen atoms in total. The zero-order valence-electron chi connectivity index (χ0n) is 9.50. The van der Waals surface area contributed by atoms with Gasteiger partial charge in [-0.25, -0.2) is 4.79 Å². The summed E-state index contributed by atoms with van der Waals surface area (Å²) in [4.78, 5) is 21.4. The van der Waals surface area contributed by atoms with Gasteiger partial charge >= 0.3 is 6.03 Å². The Morgan fingerprint density at radius 1 is 1.33 bits per heavy atom. The lowest BCUT2D eigenvalue weighted by Crippen LogP contribution is -2.63. The first-order valence-corrected chi connectivity index (χ1v) is 5.10. The van der Waals surface area contributed by atoms with Crippen LogP contribution in [0.3, 0.4) is 0 Å². The number of hydrogen-bond donors (Lipinski definition) is 5. The highest BCUT2D eigenvalue weighted by Gasteiger charge is 2.44. The number of aliphatic hydroxyl groups excluding tert-OH is 4. The van der Waals surface area contributed by atoms with Gasteiger partial charge in [0.15, 0.2) is 6.23 Å². The summed E-state index contributed by atoms with van der Waals surface area (Å²) in [6.45, 7) is -0.612. The number of amides is 2. The van der Waals surface area contributed by atoms with E-state index in [1.54, 1.807) is 0 Å². The van der Waals surface area contributed by atoms with Crippen LogP contribution >= 0.6 is 0 Å². The molecule has 0 radical (unpaired) electrons. The zero-order chi connectivity index (χ0) is 13.9. The van der Waals surface area contributed by atoms with Crippen LogP contribution in [0, 0.1) is 4.91 Å². The predicted molar refractivity (Wildman–Crippen MR) is 55.9 cm³/mol. The van der Waals surface area contributed by atoms with Crippen LogP contribution in [-0.2, 0) is 4.74 Å². The first kappa shape index (κ1) is 14.7. The lowest BCUT2D eigenvalue weighted by molar-refractivity contribution is -0.233. The highest BCUT2D eigenvalue weighted by Crippen LogP contribution is 2.19. The van der Waals surface area contributed by atoms with Crippen molar-refractivity contribution in [3.05, 3.63) is 4.91 Å². The molecule has 5 N–H and O–H groups in total. The van der Waals surface area contributed by atoms with E-state index in [1.165, 1.54) is 0 Å². The summed E-state index contributed by atoms with van der Waals surface area (Å²) in [5, 5.41) is 42.2. The summed E-state index contributed by atoms with van der Waals surface area (Å²) in [6, 6.07) is -0.964. The molecule has 1 aliphatic rings. The van der Waals surface area contributed by atoms with Crippen molar-refractivity contribution in [1.29, 1.82) is 0 Å². The summed E-state index contributed by atoms with van der Waals surface area (Å²) in [7, 11) is 1.08. The maximum Gasteiger partial charge on any atom is 0.342 e. The lowest BCUT2D eigenvalue weighted by atomic mass is 9.98. The van der Waals surface area contributed by atoms with E-state index in [4.69, 9.17) is 9.84 Å².